The lowest BCUT2D eigenvalue weighted by atomic mass is 10.1. The molecule has 0 saturated carbocycles. The Kier molecular flexibility index (Phi) is 4.61. The number of benzene rings is 1. The van der Waals surface area contributed by atoms with Crippen molar-refractivity contribution < 1.29 is 4.74 Å². The Bertz CT molecular complexity index is 319. The van der Waals surface area contributed by atoms with E-state index in [1.807, 2.05) is 0 Å². The molecule has 0 bridgehead atoms. The summed E-state index contributed by atoms with van der Waals surface area (Å²) in [6.07, 6.45) is 2.41. The summed E-state index contributed by atoms with van der Waals surface area (Å²) in [5.74, 6) is 0. The second kappa shape index (κ2) is 5.98. The average molecular weight is 331 g/mol. The molecule has 1 N–H and O–H groups in total. The molecule has 88 valence electrons. The van der Waals surface area contributed by atoms with Gasteiger partial charge in [-0.15, -0.1) is 0 Å². The highest BCUT2D eigenvalue weighted by atomic mass is 127. The molecule has 2 unspecified atom stereocenters. The van der Waals surface area contributed by atoms with Gasteiger partial charge in [0.2, 0.25) is 0 Å². The van der Waals surface area contributed by atoms with Gasteiger partial charge in [0.05, 0.1) is 6.61 Å². The minimum atomic E-state index is 0.406. The van der Waals surface area contributed by atoms with E-state index in [0.29, 0.717) is 12.1 Å². The lowest BCUT2D eigenvalue weighted by molar-refractivity contribution is 0.0671. The van der Waals surface area contributed by atoms with Crippen LogP contribution in [0.15, 0.2) is 24.3 Å². The molecule has 0 aliphatic carbocycles. The first kappa shape index (κ1) is 12.3. The molecule has 2 nitrogen and oxygen atoms in total. The highest BCUT2D eigenvalue weighted by Gasteiger charge is 2.16. The maximum absolute atomic E-state index is 5.47. The Morgan fingerprint density at radius 3 is 2.75 bits per heavy atom. The minimum Gasteiger partial charge on any atom is -0.380 e. The van der Waals surface area contributed by atoms with Crippen molar-refractivity contribution >= 4 is 22.6 Å². The van der Waals surface area contributed by atoms with Gasteiger partial charge < -0.3 is 10.1 Å². The minimum absolute atomic E-state index is 0.406. The Labute approximate surface area is 111 Å². The zero-order valence-electron chi connectivity index (χ0n) is 9.58. The maximum Gasteiger partial charge on any atom is 0.0619 e. The highest BCUT2D eigenvalue weighted by Crippen LogP contribution is 2.17. The summed E-state index contributed by atoms with van der Waals surface area (Å²) in [6.45, 7) is 4.00. The second-order valence-electron chi connectivity index (χ2n) is 4.35. The molecule has 1 aromatic rings. The number of rotatable bonds is 3. The van der Waals surface area contributed by atoms with E-state index in [0.717, 1.165) is 13.2 Å². The highest BCUT2D eigenvalue weighted by molar-refractivity contribution is 14.1. The van der Waals surface area contributed by atoms with E-state index in [2.05, 4.69) is 59.1 Å². The molecule has 1 aliphatic heterocycles. The first-order valence-electron chi connectivity index (χ1n) is 5.85. The monoisotopic (exact) mass is 331 g/mol. The van der Waals surface area contributed by atoms with E-state index in [1.54, 1.807) is 0 Å². The van der Waals surface area contributed by atoms with E-state index in [-0.39, 0.29) is 0 Å². The SMILES string of the molecule is CC(NC1CCCOC1)c1ccc(I)cc1. The van der Waals surface area contributed by atoms with Gasteiger partial charge in [-0.3, -0.25) is 0 Å². The second-order valence-corrected chi connectivity index (χ2v) is 5.60. The quantitative estimate of drug-likeness (QED) is 0.860. The summed E-state index contributed by atoms with van der Waals surface area (Å²) in [6, 6.07) is 9.63. The van der Waals surface area contributed by atoms with E-state index in [9.17, 15) is 0 Å². The van der Waals surface area contributed by atoms with E-state index in [1.165, 1.54) is 22.0 Å². The normalized spacial score (nSPS) is 23.0. The number of halogens is 1. The molecule has 2 atom stereocenters. The fourth-order valence-corrected chi connectivity index (χ4v) is 2.43. The fraction of sp³-hybridized carbons (Fsp3) is 0.538. The predicted molar refractivity (Wildman–Crippen MR) is 74.6 cm³/mol. The summed E-state index contributed by atoms with van der Waals surface area (Å²) in [4.78, 5) is 0. The maximum atomic E-state index is 5.47. The van der Waals surface area contributed by atoms with E-state index >= 15 is 0 Å². The summed E-state index contributed by atoms with van der Waals surface area (Å²) < 4.78 is 6.76. The topological polar surface area (TPSA) is 21.3 Å². The molecular weight excluding hydrogens is 313 g/mol. The standard InChI is InChI=1S/C13H18INO/c1-10(11-4-6-12(14)7-5-11)15-13-3-2-8-16-9-13/h4-7,10,13,15H,2-3,8-9H2,1H3. The summed E-state index contributed by atoms with van der Waals surface area (Å²) >= 11 is 2.33. The van der Waals surface area contributed by atoms with Gasteiger partial charge in [0.1, 0.15) is 0 Å². The van der Waals surface area contributed by atoms with Crippen LogP contribution in [0.1, 0.15) is 31.4 Å². The third-order valence-corrected chi connectivity index (χ3v) is 3.74. The number of hydrogen-bond donors (Lipinski definition) is 1. The lowest BCUT2D eigenvalue weighted by Gasteiger charge is -2.27. The smallest absolute Gasteiger partial charge is 0.0619 e. The van der Waals surface area contributed by atoms with Crippen LogP contribution in [-0.2, 0) is 4.74 Å². The van der Waals surface area contributed by atoms with Crippen LogP contribution in [0.4, 0.5) is 0 Å². The van der Waals surface area contributed by atoms with Gasteiger partial charge in [-0.25, -0.2) is 0 Å². The van der Waals surface area contributed by atoms with Crippen molar-refractivity contribution in [2.24, 2.45) is 0 Å². The van der Waals surface area contributed by atoms with Crippen LogP contribution in [0.5, 0.6) is 0 Å². The van der Waals surface area contributed by atoms with Gasteiger partial charge in [0, 0.05) is 22.3 Å². The van der Waals surface area contributed by atoms with Crippen LogP contribution in [0.3, 0.4) is 0 Å². The molecule has 0 amide bonds. The fourth-order valence-electron chi connectivity index (χ4n) is 2.07. The van der Waals surface area contributed by atoms with Gasteiger partial charge in [0.15, 0.2) is 0 Å². The van der Waals surface area contributed by atoms with Crippen molar-refractivity contribution in [2.75, 3.05) is 13.2 Å². The Morgan fingerprint density at radius 2 is 2.12 bits per heavy atom. The summed E-state index contributed by atoms with van der Waals surface area (Å²) in [5.41, 5.74) is 1.35. The van der Waals surface area contributed by atoms with Crippen molar-refractivity contribution in [1.29, 1.82) is 0 Å². The molecule has 16 heavy (non-hydrogen) atoms. The molecule has 3 heteroatoms. The Morgan fingerprint density at radius 1 is 1.38 bits per heavy atom. The van der Waals surface area contributed by atoms with Crippen LogP contribution in [0.2, 0.25) is 0 Å². The molecule has 1 aliphatic rings. The summed E-state index contributed by atoms with van der Waals surface area (Å²) in [7, 11) is 0. The third-order valence-electron chi connectivity index (χ3n) is 3.02. The molecule has 0 spiro atoms. The zero-order chi connectivity index (χ0) is 11.4. The van der Waals surface area contributed by atoms with Crippen LogP contribution in [-0.4, -0.2) is 19.3 Å². The van der Waals surface area contributed by atoms with Gasteiger partial charge in [0.25, 0.3) is 0 Å². The van der Waals surface area contributed by atoms with E-state index in [4.69, 9.17) is 4.74 Å². The first-order valence-corrected chi connectivity index (χ1v) is 6.93. The third kappa shape index (κ3) is 3.43. The Balaban J connectivity index is 1.91. The zero-order valence-corrected chi connectivity index (χ0v) is 11.7. The van der Waals surface area contributed by atoms with Crippen LogP contribution >= 0.6 is 22.6 Å². The van der Waals surface area contributed by atoms with Crippen molar-refractivity contribution in [3.05, 3.63) is 33.4 Å². The largest absolute Gasteiger partial charge is 0.380 e. The molecule has 2 rings (SSSR count). The molecule has 1 saturated heterocycles. The average Bonchev–Trinajstić information content (AvgIpc) is 2.31. The number of nitrogens with one attached hydrogen (secondary N) is 1. The van der Waals surface area contributed by atoms with Crippen LogP contribution in [0.25, 0.3) is 0 Å². The van der Waals surface area contributed by atoms with Gasteiger partial charge >= 0.3 is 0 Å². The van der Waals surface area contributed by atoms with Crippen LogP contribution < -0.4 is 5.32 Å². The lowest BCUT2D eigenvalue weighted by Crippen LogP contribution is -2.38. The van der Waals surface area contributed by atoms with Crippen molar-refractivity contribution in [2.45, 2.75) is 31.8 Å². The summed E-state index contributed by atoms with van der Waals surface area (Å²) in [5, 5.41) is 3.63. The molecular formula is C13H18INO. The van der Waals surface area contributed by atoms with E-state index < -0.39 is 0 Å². The molecule has 0 aromatic heterocycles. The van der Waals surface area contributed by atoms with Gasteiger partial charge in [-0.05, 0) is 60.1 Å². The van der Waals surface area contributed by atoms with Crippen LogP contribution in [0, 0.1) is 3.57 Å². The number of ether oxygens (including phenoxy) is 1. The van der Waals surface area contributed by atoms with Crippen molar-refractivity contribution in [3.8, 4) is 0 Å². The first-order chi connectivity index (χ1) is 7.75. The molecule has 1 aromatic carbocycles. The van der Waals surface area contributed by atoms with Gasteiger partial charge in [-0.2, -0.15) is 0 Å². The molecule has 1 heterocycles. The molecule has 0 radical (unpaired) electrons. The predicted octanol–water partition coefficient (Wildman–Crippen LogP) is 3.12. The number of hydrogen-bond acceptors (Lipinski definition) is 2. The van der Waals surface area contributed by atoms with Crippen molar-refractivity contribution in [1.82, 2.24) is 5.32 Å². The Hall–Kier alpha value is -0.130. The van der Waals surface area contributed by atoms with Crippen molar-refractivity contribution in [3.63, 3.8) is 0 Å². The van der Waals surface area contributed by atoms with Gasteiger partial charge in [-0.1, -0.05) is 12.1 Å². The molecule has 1 fully saturated rings.